The maximum Gasteiger partial charge on any atom is 0.210 e. The normalized spacial score (nSPS) is 12.7. The molecule has 1 aromatic carbocycles. The summed E-state index contributed by atoms with van der Waals surface area (Å²) in [6.45, 7) is 2.17. The first-order valence-electron chi connectivity index (χ1n) is 6.90. The Labute approximate surface area is 113 Å². The van der Waals surface area contributed by atoms with Gasteiger partial charge in [0.15, 0.2) is 0 Å². The van der Waals surface area contributed by atoms with Crippen molar-refractivity contribution in [3.05, 3.63) is 46.1 Å². The molecule has 0 spiro atoms. The quantitative estimate of drug-likeness (QED) is 0.462. The number of hydrogen-bond donors (Lipinski definition) is 1. The van der Waals surface area contributed by atoms with Crippen molar-refractivity contribution in [1.29, 1.82) is 0 Å². The van der Waals surface area contributed by atoms with Crippen LogP contribution in [0.1, 0.15) is 44.1 Å². The van der Waals surface area contributed by atoms with E-state index in [1.165, 1.54) is 0 Å². The van der Waals surface area contributed by atoms with Crippen molar-refractivity contribution in [2.24, 2.45) is 0 Å². The van der Waals surface area contributed by atoms with E-state index in [1.807, 2.05) is 30.5 Å². The molecule has 0 aliphatic carbocycles. The number of benzene rings is 1. The number of aromatic amines is 1. The molecule has 0 saturated heterocycles. The highest BCUT2D eigenvalue weighted by atomic mass is 16.6. The molecule has 1 N–H and O–H groups in total. The zero-order valence-corrected chi connectivity index (χ0v) is 11.3. The molecule has 0 radical (unpaired) electrons. The topological polar surface area (TPSA) is 58.9 Å². The Morgan fingerprint density at radius 1 is 1.32 bits per heavy atom. The van der Waals surface area contributed by atoms with E-state index in [1.54, 1.807) is 0 Å². The van der Waals surface area contributed by atoms with E-state index in [2.05, 4.69) is 11.9 Å². The fourth-order valence-corrected chi connectivity index (χ4v) is 2.60. The summed E-state index contributed by atoms with van der Waals surface area (Å²) < 4.78 is 0. The number of nitrogens with zero attached hydrogens (tertiary/aromatic N) is 1. The van der Waals surface area contributed by atoms with E-state index < -0.39 is 0 Å². The van der Waals surface area contributed by atoms with Crippen LogP contribution in [0, 0.1) is 10.1 Å². The van der Waals surface area contributed by atoms with Crippen molar-refractivity contribution in [1.82, 2.24) is 4.98 Å². The van der Waals surface area contributed by atoms with Crippen LogP contribution in [-0.2, 0) is 0 Å². The minimum atomic E-state index is -0.196. The molecule has 0 bridgehead atoms. The van der Waals surface area contributed by atoms with Gasteiger partial charge in [-0.1, -0.05) is 44.4 Å². The molecule has 0 fully saturated rings. The molecule has 102 valence electrons. The Morgan fingerprint density at radius 3 is 2.84 bits per heavy atom. The van der Waals surface area contributed by atoms with E-state index in [4.69, 9.17) is 0 Å². The van der Waals surface area contributed by atoms with Gasteiger partial charge >= 0.3 is 0 Å². The van der Waals surface area contributed by atoms with Gasteiger partial charge in [0.1, 0.15) is 0 Å². The number of rotatable bonds is 7. The van der Waals surface area contributed by atoms with Crippen LogP contribution in [0.5, 0.6) is 0 Å². The van der Waals surface area contributed by atoms with Crippen LogP contribution >= 0.6 is 0 Å². The summed E-state index contributed by atoms with van der Waals surface area (Å²) in [4.78, 5) is 13.9. The smallest absolute Gasteiger partial charge is 0.210 e. The molecule has 4 heteroatoms. The fourth-order valence-electron chi connectivity index (χ4n) is 2.60. The Bertz CT molecular complexity index is 548. The van der Waals surface area contributed by atoms with Crippen molar-refractivity contribution >= 4 is 10.9 Å². The van der Waals surface area contributed by atoms with Crippen LogP contribution in [-0.4, -0.2) is 16.5 Å². The van der Waals surface area contributed by atoms with Gasteiger partial charge in [0.25, 0.3) is 0 Å². The van der Waals surface area contributed by atoms with E-state index >= 15 is 0 Å². The van der Waals surface area contributed by atoms with Gasteiger partial charge < -0.3 is 4.98 Å². The molecule has 1 aromatic heterocycles. The molecule has 0 amide bonds. The maximum atomic E-state index is 10.9. The summed E-state index contributed by atoms with van der Waals surface area (Å²) in [5.41, 5.74) is 2.14. The van der Waals surface area contributed by atoms with Gasteiger partial charge in [-0.2, -0.15) is 0 Å². The second-order valence-corrected chi connectivity index (χ2v) is 5.00. The molecule has 1 atom stereocenters. The summed E-state index contributed by atoms with van der Waals surface area (Å²) in [5, 5.41) is 12.0. The van der Waals surface area contributed by atoms with Crippen molar-refractivity contribution < 1.29 is 4.92 Å². The number of fused-ring (bicyclic) bond motifs is 1. The Balaban J connectivity index is 2.23. The van der Waals surface area contributed by atoms with E-state index in [0.717, 1.165) is 42.1 Å². The van der Waals surface area contributed by atoms with Gasteiger partial charge in [-0.15, -0.1) is 0 Å². The van der Waals surface area contributed by atoms with Crippen molar-refractivity contribution in [2.45, 2.75) is 38.5 Å². The summed E-state index contributed by atoms with van der Waals surface area (Å²) >= 11 is 0. The molecule has 0 unspecified atom stereocenters. The van der Waals surface area contributed by atoms with Gasteiger partial charge in [-0.05, 0) is 18.1 Å². The van der Waals surface area contributed by atoms with Gasteiger partial charge in [0, 0.05) is 22.0 Å². The van der Waals surface area contributed by atoms with E-state index in [9.17, 15) is 10.1 Å². The predicted octanol–water partition coefficient (Wildman–Crippen LogP) is 4.11. The molecule has 0 saturated carbocycles. The van der Waals surface area contributed by atoms with Crippen molar-refractivity contribution in [2.75, 3.05) is 6.54 Å². The number of nitrogens with one attached hydrogen (secondary N) is 1. The zero-order valence-electron chi connectivity index (χ0n) is 11.3. The third kappa shape index (κ3) is 3.34. The van der Waals surface area contributed by atoms with E-state index in [0.29, 0.717) is 0 Å². The lowest BCUT2D eigenvalue weighted by molar-refractivity contribution is -0.483. The highest BCUT2D eigenvalue weighted by Crippen LogP contribution is 2.29. The molecular weight excluding hydrogens is 240 g/mol. The molecule has 2 rings (SSSR count). The summed E-state index contributed by atoms with van der Waals surface area (Å²) in [6.07, 6.45) is 6.14. The summed E-state index contributed by atoms with van der Waals surface area (Å²) in [6, 6.07) is 8.00. The molecule has 0 aliphatic heterocycles. The lowest BCUT2D eigenvalue weighted by atomic mass is 9.93. The maximum absolute atomic E-state index is 10.9. The number of aromatic nitrogens is 1. The molecule has 4 nitrogen and oxygen atoms in total. The summed E-state index contributed by atoms with van der Waals surface area (Å²) in [7, 11) is 0. The van der Waals surface area contributed by atoms with Gasteiger partial charge in [-0.3, -0.25) is 10.1 Å². The molecular formula is C15H20N2O2. The average Bonchev–Trinajstić information content (AvgIpc) is 2.81. The first kappa shape index (κ1) is 13.6. The minimum absolute atomic E-state index is 0.0118. The van der Waals surface area contributed by atoms with Crippen molar-refractivity contribution in [3.8, 4) is 0 Å². The molecule has 19 heavy (non-hydrogen) atoms. The first-order valence-corrected chi connectivity index (χ1v) is 6.90. The fraction of sp³-hybridized carbons (Fsp3) is 0.467. The molecule has 0 aliphatic rings. The third-order valence-electron chi connectivity index (χ3n) is 3.59. The highest BCUT2D eigenvalue weighted by molar-refractivity contribution is 5.83. The van der Waals surface area contributed by atoms with E-state index in [-0.39, 0.29) is 17.4 Å². The highest BCUT2D eigenvalue weighted by Gasteiger charge is 2.20. The second-order valence-electron chi connectivity index (χ2n) is 5.00. The van der Waals surface area contributed by atoms with Crippen LogP contribution in [0.3, 0.4) is 0 Å². The van der Waals surface area contributed by atoms with Crippen LogP contribution < -0.4 is 0 Å². The van der Waals surface area contributed by atoms with Crippen molar-refractivity contribution in [3.63, 3.8) is 0 Å². The van der Waals surface area contributed by atoms with Gasteiger partial charge in [-0.25, -0.2) is 0 Å². The van der Waals surface area contributed by atoms with Gasteiger partial charge in [0.05, 0.1) is 5.92 Å². The summed E-state index contributed by atoms with van der Waals surface area (Å²) in [5.74, 6) is 0.0118. The van der Waals surface area contributed by atoms with Crippen LogP contribution in [0.4, 0.5) is 0 Å². The SMILES string of the molecule is CCCCC[C@H](C[N+](=O)[O-])c1c[nH]c2ccccc12. The minimum Gasteiger partial charge on any atom is -0.361 e. The molecule has 2 aromatic rings. The monoisotopic (exact) mass is 260 g/mol. The number of unbranched alkanes of at least 4 members (excludes halogenated alkanes) is 2. The average molecular weight is 260 g/mol. The third-order valence-corrected chi connectivity index (χ3v) is 3.59. The largest absolute Gasteiger partial charge is 0.361 e. The Morgan fingerprint density at radius 2 is 2.11 bits per heavy atom. The Hall–Kier alpha value is -1.84. The lowest BCUT2D eigenvalue weighted by Gasteiger charge is -2.11. The van der Waals surface area contributed by atoms with Crippen LogP contribution in [0.25, 0.3) is 10.9 Å². The number of para-hydroxylation sites is 1. The molecule has 1 heterocycles. The predicted molar refractivity (Wildman–Crippen MR) is 77.0 cm³/mol. The number of H-pyrrole nitrogens is 1. The number of hydrogen-bond acceptors (Lipinski definition) is 2. The standard InChI is InChI=1S/C15H20N2O2/c1-2-3-4-7-12(11-17(18)19)14-10-16-15-9-6-5-8-13(14)15/h5-6,8-10,12,16H,2-4,7,11H2,1H3/t12-/m1/s1. The van der Waals surface area contributed by atoms with Crippen LogP contribution in [0.15, 0.2) is 30.5 Å². The zero-order chi connectivity index (χ0) is 13.7. The lowest BCUT2D eigenvalue weighted by Crippen LogP contribution is -2.12. The first-order chi connectivity index (χ1) is 9.22. The van der Waals surface area contributed by atoms with Gasteiger partial charge in [0.2, 0.25) is 6.54 Å². The second kappa shape index (κ2) is 6.36. The van der Waals surface area contributed by atoms with Crippen LogP contribution in [0.2, 0.25) is 0 Å². The number of nitro groups is 1. The Kier molecular flexibility index (Phi) is 4.55.